The molecule has 0 amide bonds. The predicted octanol–water partition coefficient (Wildman–Crippen LogP) is 2.61. The summed E-state index contributed by atoms with van der Waals surface area (Å²) in [6, 6.07) is 0. The number of nitrogens with two attached hydrogens (primary N) is 1. The van der Waals surface area contributed by atoms with E-state index in [2.05, 4.69) is 29.1 Å². The molecule has 0 saturated heterocycles. The van der Waals surface area contributed by atoms with E-state index in [0.717, 1.165) is 23.8 Å². The Bertz CT molecular complexity index is 323. The Morgan fingerprint density at radius 3 is 2.75 bits per heavy atom. The van der Waals surface area contributed by atoms with Crippen molar-refractivity contribution in [3.63, 3.8) is 0 Å². The molecule has 1 aromatic rings. The van der Waals surface area contributed by atoms with E-state index in [0.29, 0.717) is 5.82 Å². The molecule has 0 aliphatic heterocycles. The number of aromatic nitrogens is 2. The van der Waals surface area contributed by atoms with Gasteiger partial charge in [0.15, 0.2) is 0 Å². The van der Waals surface area contributed by atoms with Crippen molar-refractivity contribution in [3.8, 4) is 0 Å². The Kier molecular flexibility index (Phi) is 5.02. The summed E-state index contributed by atoms with van der Waals surface area (Å²) in [4.78, 5) is 8.10. The first kappa shape index (κ1) is 12.7. The van der Waals surface area contributed by atoms with Crippen LogP contribution in [0, 0.1) is 12.8 Å². The van der Waals surface area contributed by atoms with Crippen molar-refractivity contribution in [2.45, 2.75) is 40.0 Å². The maximum Gasteiger partial charge on any atom is 0.134 e. The van der Waals surface area contributed by atoms with Crippen molar-refractivity contribution in [2.75, 3.05) is 17.6 Å². The molecule has 0 radical (unpaired) electrons. The molecule has 0 spiro atoms. The van der Waals surface area contributed by atoms with Gasteiger partial charge in [0.1, 0.15) is 18.0 Å². The molecule has 0 fully saturated rings. The lowest BCUT2D eigenvalue weighted by atomic mass is 10.1. The van der Waals surface area contributed by atoms with Crippen LogP contribution in [0.25, 0.3) is 0 Å². The van der Waals surface area contributed by atoms with E-state index in [9.17, 15) is 0 Å². The molecular weight excluding hydrogens is 200 g/mol. The number of hydrogen-bond donors (Lipinski definition) is 2. The number of anilines is 2. The van der Waals surface area contributed by atoms with Crippen molar-refractivity contribution >= 4 is 11.6 Å². The van der Waals surface area contributed by atoms with E-state index in [4.69, 9.17) is 5.73 Å². The van der Waals surface area contributed by atoms with Crippen LogP contribution in [0.15, 0.2) is 6.33 Å². The lowest BCUT2D eigenvalue weighted by Crippen LogP contribution is -2.07. The van der Waals surface area contributed by atoms with Gasteiger partial charge in [-0.25, -0.2) is 9.97 Å². The average Bonchev–Trinajstić information content (AvgIpc) is 2.23. The molecule has 0 atom stereocenters. The highest BCUT2D eigenvalue weighted by Gasteiger charge is 2.02. The fraction of sp³-hybridized carbons (Fsp3) is 0.667. The Morgan fingerprint density at radius 2 is 2.06 bits per heavy atom. The van der Waals surface area contributed by atoms with Crippen molar-refractivity contribution in [2.24, 2.45) is 5.92 Å². The van der Waals surface area contributed by atoms with Gasteiger partial charge in [-0.1, -0.05) is 26.7 Å². The van der Waals surface area contributed by atoms with Crippen molar-refractivity contribution in [3.05, 3.63) is 11.9 Å². The summed E-state index contributed by atoms with van der Waals surface area (Å²) < 4.78 is 0. The maximum absolute atomic E-state index is 5.70. The Labute approximate surface area is 97.7 Å². The van der Waals surface area contributed by atoms with E-state index in [1.165, 1.54) is 25.6 Å². The molecule has 0 saturated carbocycles. The van der Waals surface area contributed by atoms with Gasteiger partial charge in [-0.3, -0.25) is 0 Å². The van der Waals surface area contributed by atoms with Crippen LogP contribution in [0.3, 0.4) is 0 Å². The molecule has 0 aliphatic rings. The number of unbranched alkanes of at least 4 members (excludes halogenated alkanes) is 1. The summed E-state index contributed by atoms with van der Waals surface area (Å²) in [5.41, 5.74) is 6.64. The molecule has 1 heterocycles. The average molecular weight is 222 g/mol. The minimum atomic E-state index is 0.555. The van der Waals surface area contributed by atoms with Gasteiger partial charge >= 0.3 is 0 Å². The maximum atomic E-state index is 5.70. The second-order valence-electron chi connectivity index (χ2n) is 4.55. The number of nitrogens with one attached hydrogen (secondary N) is 1. The Morgan fingerprint density at radius 1 is 1.31 bits per heavy atom. The molecule has 4 heteroatoms. The molecule has 0 bridgehead atoms. The molecule has 3 N–H and O–H groups in total. The molecule has 16 heavy (non-hydrogen) atoms. The number of hydrogen-bond acceptors (Lipinski definition) is 4. The lowest BCUT2D eigenvalue weighted by Gasteiger charge is -2.09. The van der Waals surface area contributed by atoms with Gasteiger partial charge in [0.25, 0.3) is 0 Å². The molecule has 0 unspecified atom stereocenters. The van der Waals surface area contributed by atoms with Gasteiger partial charge in [0.05, 0.1) is 0 Å². The van der Waals surface area contributed by atoms with Gasteiger partial charge in [0.2, 0.25) is 0 Å². The standard InChI is InChI=1S/C12H22N4/c1-9(2)6-4-5-7-14-12-10(3)11(13)15-8-16-12/h8-9H,4-7H2,1-3H3,(H3,13,14,15,16). The molecule has 0 aliphatic carbocycles. The van der Waals surface area contributed by atoms with Crippen LogP contribution in [-0.2, 0) is 0 Å². The fourth-order valence-electron chi connectivity index (χ4n) is 1.53. The quantitative estimate of drug-likeness (QED) is 0.726. The van der Waals surface area contributed by atoms with Gasteiger partial charge in [0, 0.05) is 12.1 Å². The summed E-state index contributed by atoms with van der Waals surface area (Å²) in [5, 5.41) is 3.30. The monoisotopic (exact) mass is 222 g/mol. The molecule has 0 aromatic carbocycles. The van der Waals surface area contributed by atoms with Crippen molar-refractivity contribution in [1.29, 1.82) is 0 Å². The van der Waals surface area contributed by atoms with E-state index in [-0.39, 0.29) is 0 Å². The third kappa shape index (κ3) is 4.04. The summed E-state index contributed by atoms with van der Waals surface area (Å²) in [6.45, 7) is 7.39. The van der Waals surface area contributed by atoms with Crippen LogP contribution >= 0.6 is 0 Å². The number of nitrogens with zero attached hydrogens (tertiary/aromatic N) is 2. The van der Waals surface area contributed by atoms with Crippen molar-refractivity contribution in [1.82, 2.24) is 9.97 Å². The van der Waals surface area contributed by atoms with Crippen LogP contribution in [-0.4, -0.2) is 16.5 Å². The fourth-order valence-corrected chi connectivity index (χ4v) is 1.53. The zero-order valence-electron chi connectivity index (χ0n) is 10.5. The first-order valence-corrected chi connectivity index (χ1v) is 5.92. The predicted molar refractivity (Wildman–Crippen MR) is 68.4 cm³/mol. The third-order valence-corrected chi connectivity index (χ3v) is 2.62. The Hall–Kier alpha value is -1.32. The summed E-state index contributed by atoms with van der Waals surface area (Å²) in [7, 11) is 0. The smallest absolute Gasteiger partial charge is 0.134 e. The second-order valence-corrected chi connectivity index (χ2v) is 4.55. The molecular formula is C12H22N4. The summed E-state index contributed by atoms with van der Waals surface area (Å²) >= 11 is 0. The number of rotatable bonds is 6. The highest BCUT2D eigenvalue weighted by Crippen LogP contribution is 2.15. The first-order chi connectivity index (χ1) is 7.61. The largest absolute Gasteiger partial charge is 0.383 e. The SMILES string of the molecule is Cc1c(N)ncnc1NCCCCC(C)C. The highest BCUT2D eigenvalue weighted by atomic mass is 15.0. The normalized spacial score (nSPS) is 10.8. The van der Waals surface area contributed by atoms with Gasteiger partial charge in [-0.05, 0) is 19.3 Å². The third-order valence-electron chi connectivity index (χ3n) is 2.62. The topological polar surface area (TPSA) is 63.8 Å². The summed E-state index contributed by atoms with van der Waals surface area (Å²) in [5.74, 6) is 2.20. The van der Waals surface area contributed by atoms with Gasteiger partial charge in [-0.2, -0.15) is 0 Å². The van der Waals surface area contributed by atoms with Gasteiger partial charge < -0.3 is 11.1 Å². The van der Waals surface area contributed by atoms with E-state index < -0.39 is 0 Å². The molecule has 1 rings (SSSR count). The van der Waals surface area contributed by atoms with E-state index in [1.807, 2.05) is 6.92 Å². The number of nitrogen functional groups attached to an aromatic ring is 1. The zero-order chi connectivity index (χ0) is 12.0. The minimum absolute atomic E-state index is 0.555. The second kappa shape index (κ2) is 6.30. The zero-order valence-corrected chi connectivity index (χ0v) is 10.5. The molecule has 90 valence electrons. The van der Waals surface area contributed by atoms with Crippen LogP contribution in [0.4, 0.5) is 11.6 Å². The van der Waals surface area contributed by atoms with E-state index >= 15 is 0 Å². The van der Waals surface area contributed by atoms with Crippen LogP contribution < -0.4 is 11.1 Å². The molecule has 4 nitrogen and oxygen atoms in total. The minimum Gasteiger partial charge on any atom is -0.383 e. The highest BCUT2D eigenvalue weighted by molar-refractivity contribution is 5.53. The van der Waals surface area contributed by atoms with Gasteiger partial charge in [-0.15, -0.1) is 0 Å². The van der Waals surface area contributed by atoms with Crippen LogP contribution in [0.5, 0.6) is 0 Å². The van der Waals surface area contributed by atoms with E-state index in [1.54, 1.807) is 0 Å². The first-order valence-electron chi connectivity index (χ1n) is 5.92. The van der Waals surface area contributed by atoms with Crippen molar-refractivity contribution < 1.29 is 0 Å². The molecule has 1 aromatic heterocycles. The summed E-state index contributed by atoms with van der Waals surface area (Å²) in [6.07, 6.45) is 5.21. The lowest BCUT2D eigenvalue weighted by molar-refractivity contribution is 0.544. The van der Waals surface area contributed by atoms with Crippen LogP contribution in [0.2, 0.25) is 0 Å². The van der Waals surface area contributed by atoms with Crippen LogP contribution in [0.1, 0.15) is 38.7 Å². The Balaban J connectivity index is 2.29.